The molecule has 0 aliphatic carbocycles. The molecule has 0 spiro atoms. The number of benzene rings is 3. The van der Waals surface area contributed by atoms with E-state index in [2.05, 4.69) is 91.9 Å². The third-order valence-corrected chi connectivity index (χ3v) is 5.90. The van der Waals surface area contributed by atoms with Gasteiger partial charge in [-0.3, -0.25) is 0 Å². The number of aromatic nitrogens is 2. The van der Waals surface area contributed by atoms with Crippen LogP contribution in [0.25, 0.3) is 22.6 Å². The fourth-order valence-electron chi connectivity index (χ4n) is 3.99. The molecule has 1 aliphatic rings. The lowest BCUT2D eigenvalue weighted by Crippen LogP contribution is -2.39. The zero-order chi connectivity index (χ0) is 19.1. The number of fused-ring (bicyclic) bond motifs is 3. The lowest BCUT2D eigenvalue weighted by Gasteiger charge is -2.14. The Hall–Kier alpha value is -2.85. The topological polar surface area (TPSA) is 18.0 Å². The van der Waals surface area contributed by atoms with Crippen molar-refractivity contribution in [2.75, 3.05) is 7.11 Å². The van der Waals surface area contributed by atoms with E-state index in [9.17, 15) is 0 Å². The first kappa shape index (κ1) is 17.3. The van der Waals surface area contributed by atoms with Gasteiger partial charge in [0.15, 0.2) is 5.69 Å². The van der Waals surface area contributed by atoms with Crippen molar-refractivity contribution < 1.29 is 9.30 Å². The normalized spacial score (nSPS) is 12.4. The number of halogens is 1. The molecule has 138 valence electrons. The van der Waals surface area contributed by atoms with E-state index < -0.39 is 0 Å². The molecule has 0 unspecified atom stereocenters. The van der Waals surface area contributed by atoms with Gasteiger partial charge in [-0.05, 0) is 66.6 Å². The largest absolute Gasteiger partial charge is 0.497 e. The van der Waals surface area contributed by atoms with Gasteiger partial charge in [0, 0.05) is 10.0 Å². The first-order valence-electron chi connectivity index (χ1n) is 9.39. The zero-order valence-electron chi connectivity index (χ0n) is 15.6. The van der Waals surface area contributed by atoms with Gasteiger partial charge in [0.05, 0.1) is 13.5 Å². The summed E-state index contributed by atoms with van der Waals surface area (Å²) in [4.78, 5) is 0. The first-order chi connectivity index (χ1) is 13.7. The molecule has 4 aromatic rings. The second-order valence-corrected chi connectivity index (χ2v) is 7.89. The van der Waals surface area contributed by atoms with Gasteiger partial charge in [-0.1, -0.05) is 34.1 Å². The fraction of sp³-hybridized carbons (Fsp3) is 0.125. The predicted octanol–water partition coefficient (Wildman–Crippen LogP) is 5.29. The molecule has 5 rings (SSSR count). The maximum atomic E-state index is 5.35. The van der Waals surface area contributed by atoms with Gasteiger partial charge >= 0.3 is 0 Å². The molecular weight excluding hydrogens is 412 g/mol. The maximum absolute atomic E-state index is 5.35. The minimum absolute atomic E-state index is 0.868. The molecule has 1 aromatic heterocycles. The molecule has 28 heavy (non-hydrogen) atoms. The van der Waals surface area contributed by atoms with Crippen LogP contribution >= 0.6 is 15.9 Å². The molecule has 2 heterocycles. The lowest BCUT2D eigenvalue weighted by molar-refractivity contribution is -0.606. The number of methoxy groups -OCH3 is 1. The number of imidazole rings is 1. The molecule has 0 atom stereocenters. The highest BCUT2D eigenvalue weighted by Gasteiger charge is 2.31. The molecule has 3 nitrogen and oxygen atoms in total. The standard InChI is InChI=1S/C24H20BrN2O/c1-28-21-13-11-20(12-14-21)27-23(18-6-9-19(25)10-7-18)16-26-22-5-3-2-4-17(22)8-15-24(26)27/h2-7,9-14,16H,8,15H2,1H3/q+1. The molecule has 0 radical (unpaired) electrons. The van der Waals surface area contributed by atoms with Crippen LogP contribution in [-0.4, -0.2) is 11.7 Å². The highest BCUT2D eigenvalue weighted by molar-refractivity contribution is 9.10. The van der Waals surface area contributed by atoms with Crippen LogP contribution in [0.1, 0.15) is 11.4 Å². The predicted molar refractivity (Wildman–Crippen MR) is 114 cm³/mol. The number of rotatable bonds is 3. The summed E-state index contributed by atoms with van der Waals surface area (Å²) in [5.74, 6) is 2.16. The zero-order valence-corrected chi connectivity index (χ0v) is 17.2. The van der Waals surface area contributed by atoms with E-state index in [4.69, 9.17) is 4.74 Å². The number of hydrogen-bond donors (Lipinski definition) is 0. The Kier molecular flexibility index (Phi) is 4.29. The summed E-state index contributed by atoms with van der Waals surface area (Å²) in [6.07, 6.45) is 4.32. The Balaban J connectivity index is 1.76. The average molecular weight is 432 g/mol. The van der Waals surface area contributed by atoms with E-state index in [1.54, 1.807) is 7.11 Å². The third-order valence-electron chi connectivity index (χ3n) is 5.37. The second kappa shape index (κ2) is 6.95. The Morgan fingerprint density at radius 2 is 1.64 bits per heavy atom. The Morgan fingerprint density at radius 3 is 2.39 bits per heavy atom. The first-order valence-corrected chi connectivity index (χ1v) is 10.2. The average Bonchev–Trinajstić information content (AvgIpc) is 3.14. The fourth-order valence-corrected chi connectivity index (χ4v) is 4.25. The highest BCUT2D eigenvalue weighted by atomic mass is 79.9. The van der Waals surface area contributed by atoms with Crippen molar-refractivity contribution in [3.8, 4) is 28.4 Å². The second-order valence-electron chi connectivity index (χ2n) is 6.97. The smallest absolute Gasteiger partial charge is 0.267 e. The van der Waals surface area contributed by atoms with Crippen molar-refractivity contribution in [3.63, 3.8) is 0 Å². The van der Waals surface area contributed by atoms with Gasteiger partial charge in [0.25, 0.3) is 5.82 Å². The summed E-state index contributed by atoms with van der Waals surface area (Å²) in [5.41, 5.74) is 6.19. The monoisotopic (exact) mass is 431 g/mol. The van der Waals surface area contributed by atoms with E-state index in [0.717, 1.165) is 28.8 Å². The van der Waals surface area contributed by atoms with E-state index >= 15 is 0 Å². The van der Waals surface area contributed by atoms with E-state index in [-0.39, 0.29) is 0 Å². The molecule has 0 fully saturated rings. The van der Waals surface area contributed by atoms with Crippen LogP contribution in [-0.2, 0) is 12.8 Å². The molecule has 0 N–H and O–H groups in total. The Bertz CT molecular complexity index is 1140. The number of ether oxygens (including phenoxy) is 1. The van der Waals surface area contributed by atoms with E-state index in [1.807, 2.05) is 12.1 Å². The van der Waals surface area contributed by atoms with Crippen LogP contribution in [0.4, 0.5) is 0 Å². The van der Waals surface area contributed by atoms with Crippen LogP contribution in [0.15, 0.2) is 83.5 Å². The van der Waals surface area contributed by atoms with Gasteiger partial charge in [-0.2, -0.15) is 9.13 Å². The summed E-state index contributed by atoms with van der Waals surface area (Å²) < 4.78 is 11.2. The van der Waals surface area contributed by atoms with Crippen molar-refractivity contribution in [2.24, 2.45) is 0 Å². The Labute approximate surface area is 173 Å². The van der Waals surface area contributed by atoms with Crippen molar-refractivity contribution in [1.29, 1.82) is 0 Å². The van der Waals surface area contributed by atoms with Crippen LogP contribution in [0.3, 0.4) is 0 Å². The Morgan fingerprint density at radius 1 is 0.893 bits per heavy atom. The summed E-state index contributed by atoms with van der Waals surface area (Å²) in [7, 11) is 1.70. The molecule has 1 aliphatic heterocycles. The number of aryl methyl sites for hydroxylation is 1. The number of nitrogens with zero attached hydrogens (tertiary/aromatic N) is 2. The number of para-hydroxylation sites is 1. The van der Waals surface area contributed by atoms with E-state index in [1.165, 1.54) is 28.3 Å². The van der Waals surface area contributed by atoms with Crippen LogP contribution in [0, 0.1) is 0 Å². The summed E-state index contributed by atoms with van der Waals surface area (Å²) in [6.45, 7) is 0. The summed E-state index contributed by atoms with van der Waals surface area (Å²) >= 11 is 3.55. The molecular formula is C24H20BrN2O+. The van der Waals surface area contributed by atoms with Gasteiger partial charge < -0.3 is 4.74 Å². The molecule has 0 amide bonds. The van der Waals surface area contributed by atoms with Crippen LogP contribution < -0.4 is 9.30 Å². The van der Waals surface area contributed by atoms with Gasteiger partial charge in [0.2, 0.25) is 0 Å². The summed E-state index contributed by atoms with van der Waals surface area (Å²) in [5, 5.41) is 0. The van der Waals surface area contributed by atoms with Crippen molar-refractivity contribution in [2.45, 2.75) is 12.8 Å². The van der Waals surface area contributed by atoms with Crippen LogP contribution in [0.5, 0.6) is 5.75 Å². The van der Waals surface area contributed by atoms with Crippen molar-refractivity contribution in [1.82, 2.24) is 4.57 Å². The quantitative estimate of drug-likeness (QED) is 0.403. The SMILES string of the molecule is COc1ccc(-n2c(-c3ccc(Br)cc3)c[n+]3c2CCc2ccccc2-3)cc1. The van der Waals surface area contributed by atoms with E-state index in [0.29, 0.717) is 0 Å². The molecule has 0 saturated heterocycles. The summed E-state index contributed by atoms with van der Waals surface area (Å²) in [6, 6.07) is 25.5. The molecule has 3 aromatic carbocycles. The molecule has 0 saturated carbocycles. The lowest BCUT2D eigenvalue weighted by atomic mass is 10.0. The van der Waals surface area contributed by atoms with Gasteiger partial charge in [-0.15, -0.1) is 0 Å². The van der Waals surface area contributed by atoms with Crippen molar-refractivity contribution in [3.05, 3.63) is 94.9 Å². The maximum Gasteiger partial charge on any atom is 0.267 e. The molecule has 4 heteroatoms. The highest BCUT2D eigenvalue weighted by Crippen LogP contribution is 2.30. The van der Waals surface area contributed by atoms with Gasteiger partial charge in [-0.25, -0.2) is 0 Å². The minimum atomic E-state index is 0.868. The third kappa shape index (κ3) is 2.85. The minimum Gasteiger partial charge on any atom is -0.497 e. The van der Waals surface area contributed by atoms with Crippen LogP contribution in [0.2, 0.25) is 0 Å². The van der Waals surface area contributed by atoms with Crippen molar-refractivity contribution >= 4 is 15.9 Å². The number of hydrogen-bond acceptors (Lipinski definition) is 1. The molecule has 0 bridgehead atoms. The van der Waals surface area contributed by atoms with Gasteiger partial charge in [0.1, 0.15) is 23.3 Å².